The van der Waals surface area contributed by atoms with Gasteiger partial charge in [0.05, 0.1) is 6.33 Å². The summed E-state index contributed by atoms with van der Waals surface area (Å²) in [6, 6.07) is 0. The fourth-order valence-corrected chi connectivity index (χ4v) is 1.39. The molecule has 92 valence electrons. The third kappa shape index (κ3) is 4.70. The Balaban J connectivity index is 2.29. The number of carbonyl (C=O) groups excluding carboxylic acids is 1. The summed E-state index contributed by atoms with van der Waals surface area (Å²) in [7, 11) is 0. The number of unbranched alkanes of at least 4 members (excludes halogenated alkanes) is 2. The lowest BCUT2D eigenvalue weighted by atomic mass is 10.2. The van der Waals surface area contributed by atoms with Crippen molar-refractivity contribution in [3.8, 4) is 12.3 Å². The first kappa shape index (κ1) is 13.3. The van der Waals surface area contributed by atoms with Gasteiger partial charge >= 0.3 is 0 Å². The van der Waals surface area contributed by atoms with Gasteiger partial charge in [0.15, 0.2) is 0 Å². The number of terminal acetylenes is 1. The molecule has 0 atom stereocenters. The summed E-state index contributed by atoms with van der Waals surface area (Å²) in [4.78, 5) is 15.6. The Morgan fingerprint density at radius 2 is 2.41 bits per heavy atom. The van der Waals surface area contributed by atoms with E-state index in [1.807, 2.05) is 0 Å². The molecule has 0 spiro atoms. The molecule has 0 aliphatic carbocycles. The molecule has 1 aromatic heterocycles. The van der Waals surface area contributed by atoms with E-state index in [9.17, 15) is 4.79 Å². The van der Waals surface area contributed by atoms with Crippen LogP contribution in [0, 0.1) is 12.3 Å². The number of amides is 1. The normalized spacial score (nSPS) is 9.88. The quantitative estimate of drug-likeness (QED) is 0.529. The van der Waals surface area contributed by atoms with Crippen LogP contribution in [-0.4, -0.2) is 28.5 Å². The number of nitrogens with two attached hydrogens (primary N) is 1. The first-order valence-corrected chi connectivity index (χ1v) is 5.71. The van der Waals surface area contributed by atoms with Crippen LogP contribution in [0.4, 0.5) is 0 Å². The Morgan fingerprint density at radius 1 is 1.59 bits per heavy atom. The monoisotopic (exact) mass is 234 g/mol. The Labute approximate surface area is 101 Å². The third-order valence-electron chi connectivity index (χ3n) is 2.29. The highest BCUT2D eigenvalue weighted by molar-refractivity contribution is 5.91. The van der Waals surface area contributed by atoms with Crippen molar-refractivity contribution in [2.24, 2.45) is 5.73 Å². The van der Waals surface area contributed by atoms with Crippen LogP contribution in [0.3, 0.4) is 0 Å². The molecule has 1 heterocycles. The predicted octanol–water partition coefficient (Wildman–Crippen LogP) is 0.375. The standard InChI is InChI=1S/C12H18N4O/c1-2-3-4-5-7-14-12(17)11-9-16(8-6-13)10-15-11/h1,9-10H,3-8,13H2,(H,14,17). The minimum atomic E-state index is -0.151. The summed E-state index contributed by atoms with van der Waals surface area (Å²) < 4.78 is 1.80. The van der Waals surface area contributed by atoms with E-state index in [0.29, 0.717) is 25.3 Å². The molecule has 0 aromatic carbocycles. The van der Waals surface area contributed by atoms with Gasteiger partial charge in [0, 0.05) is 32.3 Å². The molecule has 3 N–H and O–H groups in total. The number of carbonyl (C=O) groups is 1. The third-order valence-corrected chi connectivity index (χ3v) is 2.29. The number of hydrogen-bond acceptors (Lipinski definition) is 3. The molecule has 0 bridgehead atoms. The average molecular weight is 234 g/mol. The van der Waals surface area contributed by atoms with E-state index in [1.54, 1.807) is 17.1 Å². The van der Waals surface area contributed by atoms with Crippen molar-refractivity contribution in [3.63, 3.8) is 0 Å². The second-order valence-electron chi connectivity index (χ2n) is 3.70. The summed E-state index contributed by atoms with van der Waals surface area (Å²) in [5.41, 5.74) is 5.83. The van der Waals surface area contributed by atoms with Crippen LogP contribution in [0.15, 0.2) is 12.5 Å². The number of nitrogens with zero attached hydrogens (tertiary/aromatic N) is 2. The number of aromatic nitrogens is 2. The van der Waals surface area contributed by atoms with E-state index in [-0.39, 0.29) is 5.91 Å². The van der Waals surface area contributed by atoms with E-state index in [2.05, 4.69) is 16.2 Å². The van der Waals surface area contributed by atoms with E-state index < -0.39 is 0 Å². The minimum absolute atomic E-state index is 0.151. The molecule has 0 radical (unpaired) electrons. The maximum Gasteiger partial charge on any atom is 0.271 e. The predicted molar refractivity (Wildman–Crippen MR) is 66.3 cm³/mol. The summed E-state index contributed by atoms with van der Waals surface area (Å²) >= 11 is 0. The van der Waals surface area contributed by atoms with Crippen LogP contribution in [0.2, 0.25) is 0 Å². The molecule has 0 aliphatic heterocycles. The smallest absolute Gasteiger partial charge is 0.271 e. The van der Waals surface area contributed by atoms with E-state index in [1.165, 1.54) is 0 Å². The number of nitrogens with one attached hydrogen (secondary N) is 1. The fraction of sp³-hybridized carbons (Fsp3) is 0.500. The van der Waals surface area contributed by atoms with Gasteiger partial charge in [0.1, 0.15) is 5.69 Å². The minimum Gasteiger partial charge on any atom is -0.351 e. The molecule has 17 heavy (non-hydrogen) atoms. The van der Waals surface area contributed by atoms with Crippen LogP contribution in [0.25, 0.3) is 0 Å². The Bertz CT molecular complexity index is 391. The second kappa shape index (κ2) is 7.47. The highest BCUT2D eigenvalue weighted by Gasteiger charge is 2.07. The summed E-state index contributed by atoms with van der Waals surface area (Å²) in [6.07, 6.45) is 11.0. The maximum absolute atomic E-state index is 11.6. The molecule has 1 amide bonds. The van der Waals surface area contributed by atoms with Crippen LogP contribution in [-0.2, 0) is 6.54 Å². The summed E-state index contributed by atoms with van der Waals surface area (Å²) in [5.74, 6) is 2.41. The van der Waals surface area contributed by atoms with Crippen molar-refractivity contribution in [2.45, 2.75) is 25.8 Å². The molecule has 0 fully saturated rings. The van der Waals surface area contributed by atoms with Crippen molar-refractivity contribution >= 4 is 5.91 Å². The van der Waals surface area contributed by atoms with Gasteiger partial charge in [0.25, 0.3) is 5.91 Å². The van der Waals surface area contributed by atoms with E-state index >= 15 is 0 Å². The fourth-order valence-electron chi connectivity index (χ4n) is 1.39. The van der Waals surface area contributed by atoms with Gasteiger partial charge < -0.3 is 15.6 Å². The second-order valence-corrected chi connectivity index (χ2v) is 3.70. The SMILES string of the molecule is C#CCCCCNC(=O)c1cn(CCN)cn1. The van der Waals surface area contributed by atoms with Crippen molar-refractivity contribution in [2.75, 3.05) is 13.1 Å². The van der Waals surface area contributed by atoms with Crippen LogP contribution in [0.1, 0.15) is 29.8 Å². The van der Waals surface area contributed by atoms with Gasteiger partial charge in [0.2, 0.25) is 0 Å². The lowest BCUT2D eigenvalue weighted by Crippen LogP contribution is -2.24. The van der Waals surface area contributed by atoms with Crippen molar-refractivity contribution < 1.29 is 4.79 Å². The van der Waals surface area contributed by atoms with Crippen LogP contribution >= 0.6 is 0 Å². The van der Waals surface area contributed by atoms with Crippen molar-refractivity contribution in [1.82, 2.24) is 14.9 Å². The van der Waals surface area contributed by atoms with Gasteiger partial charge in [-0.1, -0.05) is 0 Å². The van der Waals surface area contributed by atoms with Crippen molar-refractivity contribution in [1.29, 1.82) is 0 Å². The zero-order valence-electron chi connectivity index (χ0n) is 9.85. The molecule has 0 saturated heterocycles. The summed E-state index contributed by atoms with van der Waals surface area (Å²) in [5, 5.41) is 2.80. The average Bonchev–Trinajstić information content (AvgIpc) is 2.78. The topological polar surface area (TPSA) is 72.9 Å². The zero-order valence-corrected chi connectivity index (χ0v) is 9.85. The number of imidazole rings is 1. The van der Waals surface area contributed by atoms with Gasteiger partial charge in [-0.25, -0.2) is 4.98 Å². The molecule has 0 saturated carbocycles. The molecule has 0 unspecified atom stereocenters. The van der Waals surface area contributed by atoms with Gasteiger partial charge in [-0.05, 0) is 12.8 Å². The van der Waals surface area contributed by atoms with E-state index in [4.69, 9.17) is 12.2 Å². The molecule has 1 rings (SSSR count). The number of hydrogen-bond donors (Lipinski definition) is 2. The largest absolute Gasteiger partial charge is 0.351 e. The van der Waals surface area contributed by atoms with E-state index in [0.717, 1.165) is 19.3 Å². The lowest BCUT2D eigenvalue weighted by molar-refractivity contribution is 0.0948. The Morgan fingerprint density at radius 3 is 3.12 bits per heavy atom. The highest BCUT2D eigenvalue weighted by Crippen LogP contribution is 1.97. The lowest BCUT2D eigenvalue weighted by Gasteiger charge is -2.01. The molecule has 5 heteroatoms. The Kier molecular flexibility index (Phi) is 5.83. The highest BCUT2D eigenvalue weighted by atomic mass is 16.1. The molecule has 1 aromatic rings. The van der Waals surface area contributed by atoms with Crippen LogP contribution < -0.4 is 11.1 Å². The zero-order chi connectivity index (χ0) is 12.5. The molecule has 0 aliphatic rings. The van der Waals surface area contributed by atoms with Crippen molar-refractivity contribution in [3.05, 3.63) is 18.2 Å². The summed E-state index contributed by atoms with van der Waals surface area (Å²) in [6.45, 7) is 1.83. The van der Waals surface area contributed by atoms with Gasteiger partial charge in [-0.3, -0.25) is 4.79 Å². The molecular weight excluding hydrogens is 216 g/mol. The van der Waals surface area contributed by atoms with Crippen LogP contribution in [0.5, 0.6) is 0 Å². The molecule has 5 nitrogen and oxygen atoms in total. The molecular formula is C12H18N4O. The van der Waals surface area contributed by atoms with Gasteiger partial charge in [-0.15, -0.1) is 12.3 Å². The first-order chi connectivity index (χ1) is 8.27. The first-order valence-electron chi connectivity index (χ1n) is 5.71. The number of rotatable bonds is 7. The Hall–Kier alpha value is -1.80. The maximum atomic E-state index is 11.6. The van der Waals surface area contributed by atoms with Gasteiger partial charge in [-0.2, -0.15) is 0 Å².